The zero-order chi connectivity index (χ0) is 72.6. The first-order valence-electron chi connectivity index (χ1n) is 36.4. The van der Waals surface area contributed by atoms with Crippen LogP contribution in [0, 0.1) is 27.7 Å². The Balaban J connectivity index is 0.864. The van der Waals surface area contributed by atoms with Crippen molar-refractivity contribution in [3.63, 3.8) is 0 Å². The molecule has 12 aromatic rings. The van der Waals surface area contributed by atoms with Crippen molar-refractivity contribution in [3.8, 4) is 56.0 Å². The van der Waals surface area contributed by atoms with Crippen molar-refractivity contribution in [3.05, 3.63) is 299 Å². The number of phenols is 2. The van der Waals surface area contributed by atoms with Gasteiger partial charge < -0.3 is 39.6 Å². The minimum absolute atomic E-state index is 0.0779. The van der Waals surface area contributed by atoms with Crippen LogP contribution in [-0.4, -0.2) is 30.2 Å². The molecule has 2 N–H and O–H groups in total. The summed E-state index contributed by atoms with van der Waals surface area (Å²) in [5.74, 6) is 0.410. The van der Waals surface area contributed by atoms with Gasteiger partial charge in [0.25, 0.3) is 0 Å². The second kappa shape index (κ2) is 26.8. The molecule has 0 atom stereocenters. The van der Waals surface area contributed by atoms with E-state index in [2.05, 4.69) is 383 Å². The fourth-order valence-electron chi connectivity index (χ4n) is 15.3. The molecule has 2 aliphatic heterocycles. The van der Waals surface area contributed by atoms with Crippen LogP contribution in [0.5, 0.6) is 11.5 Å². The van der Waals surface area contributed by atoms with E-state index in [0.717, 1.165) is 124 Å². The minimum atomic E-state index is -0.0779. The highest BCUT2D eigenvalue weighted by Crippen LogP contribution is 2.52. The topological polar surface area (TPSA) is 59.9 Å². The van der Waals surface area contributed by atoms with Gasteiger partial charge in [-0.3, -0.25) is 0 Å². The fraction of sp³-hybridized carbons (Fsp3) is 0.242. The van der Waals surface area contributed by atoms with Gasteiger partial charge in [-0.15, -0.1) is 0 Å². The van der Waals surface area contributed by atoms with E-state index < -0.39 is 0 Å². The van der Waals surface area contributed by atoms with E-state index in [1.165, 1.54) is 33.4 Å². The van der Waals surface area contributed by atoms with Gasteiger partial charge in [-0.25, -0.2) is 0 Å². The van der Waals surface area contributed by atoms with Crippen LogP contribution in [0.4, 0.5) is 68.2 Å². The Labute approximate surface area is 612 Å². The second-order valence-corrected chi connectivity index (χ2v) is 32.7. The van der Waals surface area contributed by atoms with Crippen LogP contribution >= 0.6 is 0 Å². The molecular formula is C95H98N6O2. The van der Waals surface area contributed by atoms with Gasteiger partial charge in [-0.2, -0.15) is 0 Å². The third-order valence-corrected chi connectivity index (χ3v) is 20.9. The number of aryl methyl sites for hydroxylation is 4. The Morgan fingerprint density at radius 3 is 0.816 bits per heavy atom. The highest BCUT2D eigenvalue weighted by molar-refractivity contribution is 5.93. The SMILES string of the molecule is Cc1cc(N(c2ccccc2)c2ccccc2)cc(C)c1-c1ccc(N2CN(CN3CN(c4ccc(-c5c(C)cc(N(c6ccccc6)c6ccccc6)cc5C)cc4O)c4ccc(-c5cc(C(C)(C)C)cc(C(C)(C)C)c5)cc43)c3cc(-c4cc(C(C)(C)C)cc(C(C)(C)C)c4)ccc32)c(O)c1. The molecule has 0 aromatic heterocycles. The van der Waals surface area contributed by atoms with Crippen LogP contribution in [0.3, 0.4) is 0 Å². The number of rotatable bonds is 14. The maximum atomic E-state index is 12.7. The third kappa shape index (κ3) is 13.8. The molecule has 2 heterocycles. The number of para-hydroxylation sites is 4. The summed E-state index contributed by atoms with van der Waals surface area (Å²) in [6, 6.07) is 91.7. The number of benzene rings is 12. The molecule has 2 aliphatic rings. The first-order chi connectivity index (χ1) is 49.0. The van der Waals surface area contributed by atoms with Crippen LogP contribution in [0.25, 0.3) is 44.5 Å². The summed E-state index contributed by atoms with van der Waals surface area (Å²) in [6.45, 7) is 37.7. The molecule has 12 aromatic carbocycles. The van der Waals surface area contributed by atoms with Crippen molar-refractivity contribution < 1.29 is 10.2 Å². The van der Waals surface area contributed by atoms with E-state index >= 15 is 0 Å². The van der Waals surface area contributed by atoms with E-state index in [-0.39, 0.29) is 33.2 Å². The van der Waals surface area contributed by atoms with Crippen molar-refractivity contribution >= 4 is 68.2 Å². The lowest BCUT2D eigenvalue weighted by atomic mass is 9.79. The van der Waals surface area contributed by atoms with Gasteiger partial charge in [0.15, 0.2) is 0 Å². The van der Waals surface area contributed by atoms with E-state index in [9.17, 15) is 10.2 Å². The second-order valence-electron chi connectivity index (χ2n) is 32.7. The summed E-state index contributed by atoms with van der Waals surface area (Å²) in [5.41, 5.74) is 30.1. The fourth-order valence-corrected chi connectivity index (χ4v) is 15.3. The zero-order valence-electron chi connectivity index (χ0n) is 62.9. The van der Waals surface area contributed by atoms with E-state index in [4.69, 9.17) is 0 Å². The summed E-state index contributed by atoms with van der Waals surface area (Å²) >= 11 is 0. The molecule has 0 unspecified atom stereocenters. The lowest BCUT2D eigenvalue weighted by molar-refractivity contribution is 0.475. The van der Waals surface area contributed by atoms with Crippen LogP contribution < -0.4 is 29.4 Å². The van der Waals surface area contributed by atoms with Crippen LogP contribution in [0.15, 0.2) is 255 Å². The maximum absolute atomic E-state index is 12.7. The van der Waals surface area contributed by atoms with E-state index in [0.29, 0.717) is 20.0 Å². The summed E-state index contributed by atoms with van der Waals surface area (Å²) in [4.78, 5) is 14.1. The summed E-state index contributed by atoms with van der Waals surface area (Å²) < 4.78 is 0. The zero-order valence-corrected chi connectivity index (χ0v) is 62.9. The minimum Gasteiger partial charge on any atom is -0.506 e. The third-order valence-electron chi connectivity index (χ3n) is 20.9. The highest BCUT2D eigenvalue weighted by Gasteiger charge is 2.36. The molecule has 103 heavy (non-hydrogen) atoms. The van der Waals surface area contributed by atoms with Gasteiger partial charge >= 0.3 is 0 Å². The Kier molecular flexibility index (Phi) is 18.0. The molecule has 0 saturated heterocycles. The monoisotopic (exact) mass is 1350 g/mol. The molecule has 0 aliphatic carbocycles. The largest absolute Gasteiger partial charge is 0.506 e. The molecule has 0 radical (unpaired) electrons. The molecular weight excluding hydrogens is 1260 g/mol. The van der Waals surface area contributed by atoms with Crippen molar-refractivity contribution in [2.24, 2.45) is 0 Å². The Hall–Kier alpha value is -11.0. The van der Waals surface area contributed by atoms with Crippen molar-refractivity contribution in [1.29, 1.82) is 0 Å². The molecule has 0 bridgehead atoms. The number of anilines is 12. The Morgan fingerprint density at radius 2 is 0.544 bits per heavy atom. The Bertz CT molecular complexity index is 4640. The summed E-state index contributed by atoms with van der Waals surface area (Å²) in [5, 5.41) is 25.4. The molecule has 8 nitrogen and oxygen atoms in total. The van der Waals surface area contributed by atoms with Gasteiger partial charge in [-0.05, 0) is 260 Å². The first-order valence-corrected chi connectivity index (χ1v) is 36.4. The Morgan fingerprint density at radius 1 is 0.272 bits per heavy atom. The highest BCUT2D eigenvalue weighted by atomic mass is 16.3. The number of phenolic OH excluding ortho intramolecular Hbond substituents is 2. The van der Waals surface area contributed by atoms with Gasteiger partial charge in [-0.1, -0.05) is 217 Å². The number of hydrogen-bond donors (Lipinski definition) is 2. The molecule has 8 heteroatoms. The van der Waals surface area contributed by atoms with Gasteiger partial charge in [0, 0.05) is 34.1 Å². The van der Waals surface area contributed by atoms with Crippen molar-refractivity contribution in [2.45, 2.75) is 132 Å². The van der Waals surface area contributed by atoms with Crippen molar-refractivity contribution in [1.82, 2.24) is 0 Å². The quantitative estimate of drug-likeness (QED) is 0.112. The number of hydrogen-bond acceptors (Lipinski definition) is 8. The summed E-state index contributed by atoms with van der Waals surface area (Å²) in [6.07, 6.45) is 0. The lowest BCUT2D eigenvalue weighted by Gasteiger charge is -2.30. The number of nitrogens with zero attached hydrogens (tertiary/aromatic N) is 6. The molecule has 0 amide bonds. The predicted octanol–water partition coefficient (Wildman–Crippen LogP) is 25.6. The van der Waals surface area contributed by atoms with Crippen LogP contribution in [-0.2, 0) is 21.7 Å². The number of fused-ring (bicyclic) bond motifs is 2. The summed E-state index contributed by atoms with van der Waals surface area (Å²) in [7, 11) is 0. The first kappa shape index (κ1) is 69.1. The average molecular weight is 1360 g/mol. The van der Waals surface area contributed by atoms with Crippen LogP contribution in [0.1, 0.15) is 128 Å². The molecule has 14 rings (SSSR count). The predicted molar refractivity (Wildman–Crippen MR) is 438 cm³/mol. The maximum Gasteiger partial charge on any atom is 0.139 e. The standard InChI is InChI=1S/C95H98N6O2/c1-62-45-80(100(76-29-21-17-22-30-76)77-31-23-18-24-32-77)46-63(2)90(62)68-39-43-84(88(102)55-68)98-60-96(86-53-66(37-41-82(86)98)70-49-72(92(5,6)7)57-73(50-70)93(8,9)10)59-97-61-99(83-42-38-67(54-87(83)97)71-51-74(94(11,12)13)58-75(52-71)95(14,15)16)85-44-40-69(56-89(85)103)91-64(3)47-81(48-65(91)4)101(78-33-25-19-26-34-78)79-35-27-20-28-36-79/h17-58,102-103H,59-61H2,1-16H3. The average Bonchev–Trinajstić information content (AvgIpc) is 1.57. The lowest BCUT2D eigenvalue weighted by Crippen LogP contribution is -2.40. The molecule has 0 spiro atoms. The van der Waals surface area contributed by atoms with Gasteiger partial charge in [0.2, 0.25) is 0 Å². The molecule has 0 saturated carbocycles. The molecule has 0 fully saturated rings. The smallest absolute Gasteiger partial charge is 0.139 e. The normalized spacial score (nSPS) is 13.2. The number of aromatic hydroxyl groups is 2. The van der Waals surface area contributed by atoms with Crippen molar-refractivity contribution in [2.75, 3.05) is 49.4 Å². The van der Waals surface area contributed by atoms with Gasteiger partial charge in [0.1, 0.15) is 11.5 Å². The van der Waals surface area contributed by atoms with Crippen LogP contribution in [0.2, 0.25) is 0 Å². The van der Waals surface area contributed by atoms with E-state index in [1.54, 1.807) is 0 Å². The van der Waals surface area contributed by atoms with E-state index in [1.807, 2.05) is 12.1 Å². The van der Waals surface area contributed by atoms with Gasteiger partial charge in [0.05, 0.1) is 54.1 Å². The molecule has 520 valence electrons.